The van der Waals surface area contributed by atoms with Crippen molar-refractivity contribution in [3.8, 4) is 0 Å². The van der Waals surface area contributed by atoms with E-state index in [1.165, 1.54) is 20.3 Å². The predicted molar refractivity (Wildman–Crippen MR) is 77.6 cm³/mol. The van der Waals surface area contributed by atoms with Crippen molar-refractivity contribution in [1.29, 1.82) is 0 Å². The van der Waals surface area contributed by atoms with Crippen LogP contribution in [-0.2, 0) is 19.0 Å². The van der Waals surface area contributed by atoms with E-state index in [-0.39, 0.29) is 24.8 Å². The maximum Gasteiger partial charge on any atom is 0.376 e. The Hall–Kier alpha value is -2.39. The second-order valence-electron chi connectivity index (χ2n) is 4.81. The van der Waals surface area contributed by atoms with Crippen LogP contribution in [0.25, 0.3) is 0 Å². The molecule has 24 heavy (non-hydrogen) atoms. The first-order valence-corrected chi connectivity index (χ1v) is 6.81. The van der Waals surface area contributed by atoms with E-state index in [1.54, 1.807) is 0 Å². The lowest BCUT2D eigenvalue weighted by molar-refractivity contribution is -0.145. The molecule has 1 N–H and O–H groups in total. The van der Waals surface area contributed by atoms with Crippen molar-refractivity contribution in [2.24, 2.45) is 4.99 Å². The summed E-state index contributed by atoms with van der Waals surface area (Å²) < 4.78 is 54.3. The lowest BCUT2D eigenvalue weighted by atomic mass is 10.0. The summed E-state index contributed by atoms with van der Waals surface area (Å²) >= 11 is 0. The van der Waals surface area contributed by atoms with E-state index >= 15 is 0 Å². The highest BCUT2D eigenvalue weighted by Crippen LogP contribution is 2.26. The van der Waals surface area contributed by atoms with Gasteiger partial charge in [-0.15, -0.1) is 0 Å². The molecule has 0 aromatic heterocycles. The first kappa shape index (κ1) is 18.0. The smallest absolute Gasteiger partial charge is 0.376 e. The molecule has 0 saturated carbocycles. The third-order valence-corrected chi connectivity index (χ3v) is 3.05. The third kappa shape index (κ3) is 4.12. The molecule has 6 nitrogen and oxygen atoms in total. The number of aliphatic imine (C=N–C) groups is 1. The monoisotopic (exact) mass is 344 g/mol. The number of hydrogen-bond donors (Lipinski definition) is 1. The van der Waals surface area contributed by atoms with Gasteiger partial charge in [0.25, 0.3) is 0 Å². The minimum Gasteiger partial charge on any atom is -0.433 e. The second kappa shape index (κ2) is 7.93. The highest BCUT2D eigenvalue weighted by atomic mass is 19.2. The number of carbonyl (C=O) groups excluding carboxylic acids is 1. The number of carbonyl (C=O) groups is 1. The highest BCUT2D eigenvalue weighted by molar-refractivity contribution is 6.36. The molecule has 0 aliphatic carbocycles. The maximum atomic E-state index is 13.4. The summed E-state index contributed by atoms with van der Waals surface area (Å²) in [5.41, 5.74) is 0.477. The molecule has 1 unspecified atom stereocenters. The van der Waals surface area contributed by atoms with Gasteiger partial charge in [-0.1, -0.05) is 0 Å². The van der Waals surface area contributed by atoms with Crippen molar-refractivity contribution in [3.63, 3.8) is 0 Å². The Morgan fingerprint density at radius 1 is 1.21 bits per heavy atom. The van der Waals surface area contributed by atoms with Crippen LogP contribution >= 0.6 is 0 Å². The number of halogens is 3. The maximum absolute atomic E-state index is 13.4. The van der Waals surface area contributed by atoms with Gasteiger partial charge in [-0.05, 0) is 23.8 Å². The fourth-order valence-electron chi connectivity index (χ4n) is 2.03. The van der Waals surface area contributed by atoms with Crippen molar-refractivity contribution in [3.05, 3.63) is 46.9 Å². The Bertz CT molecular complexity index is 668. The number of rotatable bonds is 6. The van der Waals surface area contributed by atoms with Gasteiger partial charge < -0.3 is 19.5 Å². The molecule has 9 heteroatoms. The van der Waals surface area contributed by atoms with Crippen LogP contribution in [0.15, 0.2) is 28.9 Å². The summed E-state index contributed by atoms with van der Waals surface area (Å²) in [6.45, 7) is -0.188. The van der Waals surface area contributed by atoms with E-state index in [0.29, 0.717) is 5.70 Å². The topological polar surface area (TPSA) is 69.2 Å². The summed E-state index contributed by atoms with van der Waals surface area (Å²) in [4.78, 5) is 15.9. The molecular weight excluding hydrogens is 329 g/mol. The number of esters is 1. The predicted octanol–water partition coefficient (Wildman–Crippen LogP) is 1.82. The number of nitrogens with zero attached hydrogens (tertiary/aromatic N) is 1. The number of hydrogen-bond acceptors (Lipinski definition) is 6. The summed E-state index contributed by atoms with van der Waals surface area (Å²) in [6, 6.07) is 0.722. The molecular formula is C15H15F3N2O4. The second-order valence-corrected chi connectivity index (χ2v) is 4.81. The molecule has 1 aromatic carbocycles. The van der Waals surface area contributed by atoms with E-state index in [9.17, 15) is 18.0 Å². The molecule has 1 aromatic rings. The lowest BCUT2D eigenvalue weighted by Gasteiger charge is -2.21. The van der Waals surface area contributed by atoms with Gasteiger partial charge in [0, 0.05) is 19.9 Å². The van der Waals surface area contributed by atoms with Gasteiger partial charge in [0.1, 0.15) is 0 Å². The average Bonchev–Trinajstić information content (AvgIpc) is 2.57. The molecule has 0 bridgehead atoms. The third-order valence-electron chi connectivity index (χ3n) is 3.05. The SMILES string of the molecule is COCOC(=O)C1=NC(c2cc(F)c(F)c(F)c2)C=C(COC)N1. The molecule has 1 aliphatic rings. The zero-order valence-electron chi connectivity index (χ0n) is 12.9. The summed E-state index contributed by atoms with van der Waals surface area (Å²) in [5.74, 6) is -5.26. The van der Waals surface area contributed by atoms with Crippen molar-refractivity contribution in [2.45, 2.75) is 6.04 Å². The van der Waals surface area contributed by atoms with E-state index in [2.05, 4.69) is 15.0 Å². The molecule has 2 rings (SSSR count). The number of amidine groups is 1. The first-order chi connectivity index (χ1) is 11.5. The molecule has 1 aliphatic heterocycles. The first-order valence-electron chi connectivity index (χ1n) is 6.81. The number of nitrogens with one attached hydrogen (secondary N) is 1. The molecule has 1 atom stereocenters. The van der Waals surface area contributed by atoms with Crippen LogP contribution in [0.4, 0.5) is 13.2 Å². The van der Waals surface area contributed by atoms with Gasteiger partial charge in [0.15, 0.2) is 24.2 Å². The van der Waals surface area contributed by atoms with Gasteiger partial charge in [0.05, 0.1) is 12.6 Å². The van der Waals surface area contributed by atoms with Gasteiger partial charge in [-0.3, -0.25) is 0 Å². The Morgan fingerprint density at radius 2 is 1.88 bits per heavy atom. The Labute approximate surface area is 135 Å². The van der Waals surface area contributed by atoms with Crippen LogP contribution in [0.3, 0.4) is 0 Å². The van der Waals surface area contributed by atoms with Crippen LogP contribution < -0.4 is 5.32 Å². The van der Waals surface area contributed by atoms with Gasteiger partial charge in [-0.25, -0.2) is 23.0 Å². The normalized spacial score (nSPS) is 17.0. The fraction of sp³-hybridized carbons (Fsp3) is 0.333. The van der Waals surface area contributed by atoms with E-state index in [1.807, 2.05) is 0 Å². The van der Waals surface area contributed by atoms with Crippen molar-refractivity contribution >= 4 is 11.8 Å². The van der Waals surface area contributed by atoms with Crippen molar-refractivity contribution in [1.82, 2.24) is 5.32 Å². The van der Waals surface area contributed by atoms with Crippen LogP contribution in [0, 0.1) is 17.5 Å². The number of ether oxygens (including phenoxy) is 3. The largest absolute Gasteiger partial charge is 0.433 e. The Balaban J connectivity index is 2.35. The highest BCUT2D eigenvalue weighted by Gasteiger charge is 2.24. The number of methoxy groups -OCH3 is 2. The minimum atomic E-state index is -1.57. The molecule has 0 fully saturated rings. The quantitative estimate of drug-likeness (QED) is 0.484. The zero-order chi connectivity index (χ0) is 17.7. The van der Waals surface area contributed by atoms with E-state index in [0.717, 1.165) is 12.1 Å². The molecule has 1 heterocycles. The van der Waals surface area contributed by atoms with Gasteiger partial charge >= 0.3 is 5.97 Å². The van der Waals surface area contributed by atoms with E-state index < -0.39 is 29.5 Å². The van der Waals surface area contributed by atoms with E-state index in [4.69, 9.17) is 9.47 Å². The van der Waals surface area contributed by atoms with Crippen molar-refractivity contribution < 1.29 is 32.2 Å². The molecule has 0 amide bonds. The molecule has 130 valence electrons. The average molecular weight is 344 g/mol. The minimum absolute atomic E-state index is 0.0403. The zero-order valence-corrected chi connectivity index (χ0v) is 12.9. The van der Waals surface area contributed by atoms with Gasteiger partial charge in [0.2, 0.25) is 5.84 Å². The fourth-order valence-corrected chi connectivity index (χ4v) is 2.03. The molecule has 0 spiro atoms. The lowest BCUT2D eigenvalue weighted by Crippen LogP contribution is -2.37. The Morgan fingerprint density at radius 3 is 2.46 bits per heavy atom. The van der Waals surface area contributed by atoms with Crippen molar-refractivity contribution in [2.75, 3.05) is 27.6 Å². The standard InChI is InChI=1S/C15H15F3N2O4/c1-22-6-9-5-12(8-3-10(16)13(18)11(17)4-8)20-14(19-9)15(21)24-7-23-2/h3-5,12H,6-7H2,1-2H3,(H,19,20). The van der Waals surface area contributed by atoms with Gasteiger partial charge in [-0.2, -0.15) is 0 Å². The van der Waals surface area contributed by atoms with Crippen LogP contribution in [0.2, 0.25) is 0 Å². The number of benzene rings is 1. The van der Waals surface area contributed by atoms with Crippen LogP contribution in [0.5, 0.6) is 0 Å². The molecule has 0 saturated heterocycles. The van der Waals surface area contributed by atoms with Crippen LogP contribution in [0.1, 0.15) is 11.6 Å². The molecule has 0 radical (unpaired) electrons. The van der Waals surface area contributed by atoms with Crippen LogP contribution in [-0.4, -0.2) is 39.4 Å². The summed E-state index contributed by atoms with van der Waals surface area (Å²) in [5, 5.41) is 2.70. The summed E-state index contributed by atoms with van der Waals surface area (Å²) in [6.07, 6.45) is 1.50. The Kier molecular flexibility index (Phi) is 5.93. The summed E-state index contributed by atoms with van der Waals surface area (Å²) in [7, 11) is 2.77.